The van der Waals surface area contributed by atoms with Crippen molar-refractivity contribution in [2.75, 3.05) is 32.7 Å². The number of nitrogens with zero attached hydrogens (tertiary/aromatic N) is 2. The molecule has 0 bridgehead atoms. The van der Waals surface area contributed by atoms with E-state index in [0.29, 0.717) is 17.4 Å². The second-order valence-corrected chi connectivity index (χ2v) is 12.3. The number of rotatable bonds is 9. The number of hydrogen-bond acceptors (Lipinski definition) is 3. The fourth-order valence-corrected chi connectivity index (χ4v) is 6.06. The molecule has 1 saturated heterocycles. The van der Waals surface area contributed by atoms with Crippen LogP contribution in [-0.4, -0.2) is 48.1 Å². The first-order valence-electron chi connectivity index (χ1n) is 13.2. The van der Waals surface area contributed by atoms with Crippen LogP contribution in [-0.2, 0) is 0 Å². The summed E-state index contributed by atoms with van der Waals surface area (Å²) in [5.74, 6) is 1.40. The lowest BCUT2D eigenvalue weighted by Crippen LogP contribution is -2.47. The minimum atomic E-state index is 0.183. The van der Waals surface area contributed by atoms with Crippen molar-refractivity contribution < 1.29 is 0 Å². The number of piperazine rings is 1. The van der Waals surface area contributed by atoms with E-state index in [1.165, 1.54) is 29.7 Å². The molecule has 2 aliphatic rings. The molecule has 0 aromatic heterocycles. The van der Waals surface area contributed by atoms with Gasteiger partial charge in [0, 0.05) is 43.3 Å². The van der Waals surface area contributed by atoms with Crippen molar-refractivity contribution in [2.24, 2.45) is 17.3 Å². The smallest absolute Gasteiger partial charge is 0.0603 e. The number of benzene rings is 2. The average molecular weight is 460 g/mol. The van der Waals surface area contributed by atoms with Gasteiger partial charge in [0.05, 0.1) is 6.04 Å². The summed E-state index contributed by atoms with van der Waals surface area (Å²) in [6.45, 7) is 21.6. The highest BCUT2D eigenvalue weighted by Crippen LogP contribution is 2.45. The van der Waals surface area contributed by atoms with Gasteiger partial charge in [0.2, 0.25) is 0 Å². The van der Waals surface area contributed by atoms with Gasteiger partial charge in [-0.3, -0.25) is 4.90 Å². The monoisotopic (exact) mass is 459 g/mol. The van der Waals surface area contributed by atoms with Gasteiger partial charge in [-0.2, -0.15) is 0 Å². The summed E-state index contributed by atoms with van der Waals surface area (Å²) >= 11 is 0. The van der Waals surface area contributed by atoms with Crippen LogP contribution in [0.15, 0.2) is 72.9 Å². The second kappa shape index (κ2) is 10.3. The second-order valence-electron chi connectivity index (χ2n) is 12.3. The number of allylic oxidation sites excluding steroid dienone is 1. The van der Waals surface area contributed by atoms with Gasteiger partial charge in [-0.25, -0.2) is 0 Å². The maximum absolute atomic E-state index is 4.56. The lowest BCUT2D eigenvalue weighted by molar-refractivity contribution is 0.127. The van der Waals surface area contributed by atoms with E-state index >= 15 is 0 Å². The molecule has 0 amide bonds. The lowest BCUT2D eigenvalue weighted by atomic mass is 9.82. The molecular formula is C31H45N3. The SMILES string of the molecule is C=C(C1CC1CNC(C)(C)CC(C)(C)C)N1CCN(C(c2ccccc2)c2ccccc2)CC1. The molecule has 1 heterocycles. The molecule has 1 aliphatic heterocycles. The summed E-state index contributed by atoms with van der Waals surface area (Å²) < 4.78 is 0. The van der Waals surface area contributed by atoms with Crippen LogP contribution in [0.1, 0.15) is 64.6 Å². The van der Waals surface area contributed by atoms with Crippen LogP contribution in [0, 0.1) is 17.3 Å². The molecular weight excluding hydrogens is 414 g/mol. The van der Waals surface area contributed by atoms with Crippen LogP contribution >= 0.6 is 0 Å². The van der Waals surface area contributed by atoms with Crippen molar-refractivity contribution in [1.82, 2.24) is 15.1 Å². The standard InChI is InChI=1S/C31H45N3/c1-24(28-21-27(28)22-32-31(5,6)23-30(2,3)4)33-17-19-34(20-18-33)29(25-13-9-7-10-14-25)26-15-11-8-12-16-26/h7-16,27-29,32H,1,17-23H2,2-6H3. The molecule has 184 valence electrons. The van der Waals surface area contributed by atoms with Gasteiger partial charge in [0.1, 0.15) is 0 Å². The van der Waals surface area contributed by atoms with Crippen molar-refractivity contribution >= 4 is 0 Å². The minimum absolute atomic E-state index is 0.183. The Morgan fingerprint density at radius 3 is 1.91 bits per heavy atom. The first kappa shape index (κ1) is 25.0. The Morgan fingerprint density at radius 1 is 0.882 bits per heavy atom. The third kappa shape index (κ3) is 6.52. The van der Waals surface area contributed by atoms with Gasteiger partial charge in [0.25, 0.3) is 0 Å². The summed E-state index contributed by atoms with van der Waals surface area (Å²) in [6, 6.07) is 22.3. The van der Waals surface area contributed by atoms with Crippen LogP contribution in [0.3, 0.4) is 0 Å². The molecule has 3 heteroatoms. The van der Waals surface area contributed by atoms with Crippen LogP contribution in [0.5, 0.6) is 0 Å². The summed E-state index contributed by atoms with van der Waals surface area (Å²) in [4.78, 5) is 5.21. The van der Waals surface area contributed by atoms with Gasteiger partial charge in [-0.05, 0) is 55.7 Å². The molecule has 2 atom stereocenters. The molecule has 4 rings (SSSR count). The highest BCUT2D eigenvalue weighted by Gasteiger charge is 2.42. The van der Waals surface area contributed by atoms with Gasteiger partial charge >= 0.3 is 0 Å². The normalized spacial score (nSPS) is 21.6. The highest BCUT2D eigenvalue weighted by molar-refractivity contribution is 5.32. The molecule has 0 spiro atoms. The molecule has 1 N–H and O–H groups in total. The van der Waals surface area contributed by atoms with Crippen molar-refractivity contribution in [1.29, 1.82) is 0 Å². The summed E-state index contributed by atoms with van der Waals surface area (Å²) in [5.41, 5.74) is 4.66. The molecule has 3 nitrogen and oxygen atoms in total. The van der Waals surface area contributed by atoms with Gasteiger partial charge in [0.15, 0.2) is 0 Å². The lowest BCUT2D eigenvalue weighted by Gasteiger charge is -2.41. The number of nitrogens with one attached hydrogen (secondary N) is 1. The molecule has 1 saturated carbocycles. The third-order valence-corrected chi connectivity index (χ3v) is 7.48. The van der Waals surface area contributed by atoms with E-state index in [1.807, 2.05) is 0 Å². The molecule has 1 aliphatic carbocycles. The van der Waals surface area contributed by atoms with Gasteiger partial charge < -0.3 is 10.2 Å². The fourth-order valence-electron chi connectivity index (χ4n) is 6.06. The predicted molar refractivity (Wildman–Crippen MR) is 145 cm³/mol. The first-order chi connectivity index (χ1) is 16.1. The Morgan fingerprint density at radius 2 is 1.41 bits per heavy atom. The Hall–Kier alpha value is -2.10. The zero-order valence-corrected chi connectivity index (χ0v) is 22.1. The zero-order chi connectivity index (χ0) is 24.3. The maximum atomic E-state index is 4.56. The van der Waals surface area contributed by atoms with E-state index in [4.69, 9.17) is 0 Å². The first-order valence-corrected chi connectivity index (χ1v) is 13.2. The quantitative estimate of drug-likeness (QED) is 0.471. The Labute approximate surface area is 208 Å². The van der Waals surface area contributed by atoms with Gasteiger partial charge in [-0.15, -0.1) is 0 Å². The largest absolute Gasteiger partial charge is 0.372 e. The molecule has 2 aromatic carbocycles. The fraction of sp³-hybridized carbons (Fsp3) is 0.548. The molecule has 2 aromatic rings. The summed E-state index contributed by atoms with van der Waals surface area (Å²) in [5, 5.41) is 3.86. The predicted octanol–water partition coefficient (Wildman–Crippen LogP) is 6.35. The van der Waals surface area contributed by atoms with Crippen LogP contribution < -0.4 is 5.32 Å². The molecule has 0 radical (unpaired) electrons. The summed E-state index contributed by atoms with van der Waals surface area (Å²) in [6.07, 6.45) is 2.47. The average Bonchev–Trinajstić information content (AvgIpc) is 3.58. The molecule has 2 fully saturated rings. The van der Waals surface area contributed by atoms with E-state index in [2.05, 4.69) is 117 Å². The maximum Gasteiger partial charge on any atom is 0.0603 e. The minimum Gasteiger partial charge on any atom is -0.372 e. The summed E-state index contributed by atoms with van der Waals surface area (Å²) in [7, 11) is 0. The molecule has 2 unspecified atom stereocenters. The van der Waals surface area contributed by atoms with E-state index < -0.39 is 0 Å². The van der Waals surface area contributed by atoms with Crippen molar-refractivity contribution in [2.45, 2.75) is 59.0 Å². The van der Waals surface area contributed by atoms with Crippen molar-refractivity contribution in [3.8, 4) is 0 Å². The number of hydrogen-bond donors (Lipinski definition) is 1. The third-order valence-electron chi connectivity index (χ3n) is 7.48. The Balaban J connectivity index is 1.31. The van der Waals surface area contributed by atoms with E-state index in [1.54, 1.807) is 0 Å². The Bertz CT molecular complexity index is 881. The topological polar surface area (TPSA) is 18.5 Å². The van der Waals surface area contributed by atoms with E-state index in [-0.39, 0.29) is 5.54 Å². The van der Waals surface area contributed by atoms with Crippen molar-refractivity contribution in [3.63, 3.8) is 0 Å². The van der Waals surface area contributed by atoms with Crippen LogP contribution in [0.2, 0.25) is 0 Å². The van der Waals surface area contributed by atoms with Crippen molar-refractivity contribution in [3.05, 3.63) is 84.1 Å². The zero-order valence-electron chi connectivity index (χ0n) is 22.1. The highest BCUT2D eigenvalue weighted by atomic mass is 15.3. The van der Waals surface area contributed by atoms with E-state index in [9.17, 15) is 0 Å². The van der Waals surface area contributed by atoms with Crippen LogP contribution in [0.4, 0.5) is 0 Å². The van der Waals surface area contributed by atoms with Gasteiger partial charge in [-0.1, -0.05) is 88.0 Å². The Kier molecular flexibility index (Phi) is 7.54. The van der Waals surface area contributed by atoms with E-state index in [0.717, 1.165) is 38.6 Å². The van der Waals surface area contributed by atoms with Crippen LogP contribution in [0.25, 0.3) is 0 Å². The molecule has 34 heavy (non-hydrogen) atoms.